The van der Waals surface area contributed by atoms with Crippen LogP contribution >= 0.6 is 0 Å². The summed E-state index contributed by atoms with van der Waals surface area (Å²) in [4.78, 5) is 36.0. The quantitative estimate of drug-likeness (QED) is 0.561. The van der Waals surface area contributed by atoms with E-state index in [0.29, 0.717) is 0 Å². The molecule has 0 spiro atoms. The molecule has 0 radical (unpaired) electrons. The number of carbonyl (C=O) groups excluding carboxylic acids is 3. The third-order valence-electron chi connectivity index (χ3n) is 5.00. The number of carbonyl (C=O) groups is 3. The lowest BCUT2D eigenvalue weighted by Crippen LogP contribution is -2.51. The Morgan fingerprint density at radius 1 is 1.29 bits per heavy atom. The first-order chi connectivity index (χ1) is 11.3. The van der Waals surface area contributed by atoms with Crippen LogP contribution in [0.25, 0.3) is 0 Å². The van der Waals surface area contributed by atoms with Gasteiger partial charge >= 0.3 is 17.9 Å². The number of hydrogen-bond acceptors (Lipinski definition) is 9. The Hall–Kier alpha value is -2.03. The highest BCUT2D eigenvalue weighted by Gasteiger charge is 2.68. The van der Waals surface area contributed by atoms with Gasteiger partial charge in [0.25, 0.3) is 0 Å². The summed E-state index contributed by atoms with van der Waals surface area (Å²) in [6.07, 6.45) is -0.894. The Morgan fingerprint density at radius 2 is 1.96 bits per heavy atom. The summed E-state index contributed by atoms with van der Waals surface area (Å²) in [5.41, 5.74) is -3.27. The van der Waals surface area contributed by atoms with E-state index in [0.717, 1.165) is 7.11 Å². The predicted octanol–water partition coefficient (Wildman–Crippen LogP) is 0.246. The van der Waals surface area contributed by atoms with Gasteiger partial charge in [-0.2, -0.15) is 10.2 Å². The van der Waals surface area contributed by atoms with E-state index in [-0.39, 0.29) is 19.4 Å². The second-order valence-corrected chi connectivity index (χ2v) is 6.10. The molecule has 0 aromatic rings. The van der Waals surface area contributed by atoms with E-state index in [4.69, 9.17) is 14.2 Å². The van der Waals surface area contributed by atoms with Crippen molar-refractivity contribution in [2.24, 2.45) is 22.1 Å². The number of methoxy groups -OCH3 is 2. The number of rotatable bonds is 5. The number of ether oxygens (including phenoxy) is 3. The van der Waals surface area contributed by atoms with Crippen LogP contribution in [0.4, 0.5) is 0 Å². The lowest BCUT2D eigenvalue weighted by Gasteiger charge is -2.34. The van der Waals surface area contributed by atoms with Gasteiger partial charge in [0.15, 0.2) is 11.1 Å². The summed E-state index contributed by atoms with van der Waals surface area (Å²) in [7, 11) is 2.39. The molecule has 2 unspecified atom stereocenters. The summed E-state index contributed by atoms with van der Waals surface area (Å²) < 4.78 is 14.9. The minimum Gasteiger partial charge on any atom is -0.467 e. The first kappa shape index (κ1) is 18.3. The van der Waals surface area contributed by atoms with Crippen LogP contribution in [0.3, 0.4) is 0 Å². The topological polar surface area (TPSA) is 124 Å². The normalized spacial score (nSPS) is 33.5. The fourth-order valence-corrected chi connectivity index (χ4v) is 3.76. The molecule has 9 heteroatoms. The molecule has 1 aliphatic carbocycles. The van der Waals surface area contributed by atoms with E-state index in [1.807, 2.05) is 0 Å². The molecule has 0 aromatic heterocycles. The molecular weight excluding hydrogens is 320 g/mol. The Labute approximate surface area is 139 Å². The van der Waals surface area contributed by atoms with Crippen molar-refractivity contribution >= 4 is 17.9 Å². The second kappa shape index (κ2) is 6.46. The van der Waals surface area contributed by atoms with Crippen molar-refractivity contribution in [3.8, 4) is 0 Å². The second-order valence-electron chi connectivity index (χ2n) is 6.10. The van der Waals surface area contributed by atoms with Crippen LogP contribution in [-0.4, -0.2) is 61.0 Å². The lowest BCUT2D eigenvalue weighted by molar-refractivity contribution is -0.180. The number of aliphatic hydroxyl groups is 1. The molecule has 1 N–H and O–H groups in total. The van der Waals surface area contributed by atoms with Crippen LogP contribution in [-0.2, 0) is 28.6 Å². The Balaban J connectivity index is 2.50. The highest BCUT2D eigenvalue weighted by atomic mass is 16.6. The molecule has 1 heterocycles. The third kappa shape index (κ3) is 2.56. The summed E-state index contributed by atoms with van der Waals surface area (Å²) in [5.74, 6) is -3.51. The van der Waals surface area contributed by atoms with E-state index < -0.39 is 47.0 Å². The summed E-state index contributed by atoms with van der Waals surface area (Å²) >= 11 is 0. The SMILES string of the molecule is CC[C@](O)(C(=O)OC)[C@H]1CC2(C(=O)OC)N=NCC2[C@@H]1OC(C)=O. The fourth-order valence-electron chi connectivity index (χ4n) is 3.76. The number of hydrogen-bond donors (Lipinski definition) is 1. The smallest absolute Gasteiger partial charge is 0.338 e. The highest BCUT2D eigenvalue weighted by molar-refractivity contribution is 5.84. The van der Waals surface area contributed by atoms with Crippen molar-refractivity contribution in [1.82, 2.24) is 0 Å². The molecule has 1 aliphatic heterocycles. The van der Waals surface area contributed by atoms with E-state index in [1.165, 1.54) is 14.0 Å². The van der Waals surface area contributed by atoms with Crippen molar-refractivity contribution in [1.29, 1.82) is 0 Å². The predicted molar refractivity (Wildman–Crippen MR) is 78.9 cm³/mol. The molecule has 0 aromatic carbocycles. The first-order valence-corrected chi connectivity index (χ1v) is 7.72. The Bertz CT molecular complexity index is 578. The number of azo groups is 1. The van der Waals surface area contributed by atoms with Gasteiger partial charge < -0.3 is 19.3 Å². The van der Waals surface area contributed by atoms with Gasteiger partial charge in [0.2, 0.25) is 0 Å². The van der Waals surface area contributed by atoms with Crippen LogP contribution in [0, 0.1) is 11.8 Å². The number of esters is 3. The Morgan fingerprint density at radius 3 is 2.46 bits per heavy atom. The molecular formula is C15H22N2O7. The zero-order chi connectivity index (χ0) is 18.1. The summed E-state index contributed by atoms with van der Waals surface area (Å²) in [6, 6.07) is 0. The monoisotopic (exact) mass is 342 g/mol. The van der Waals surface area contributed by atoms with Crippen molar-refractivity contribution < 1.29 is 33.7 Å². The minimum absolute atomic E-state index is 0.0226. The molecule has 2 aliphatic rings. The summed E-state index contributed by atoms with van der Waals surface area (Å²) in [5, 5.41) is 18.9. The van der Waals surface area contributed by atoms with Gasteiger partial charge in [0.05, 0.1) is 26.7 Å². The van der Waals surface area contributed by atoms with Gasteiger partial charge in [-0.25, -0.2) is 9.59 Å². The molecule has 0 bridgehead atoms. The van der Waals surface area contributed by atoms with Crippen LogP contribution in [0.2, 0.25) is 0 Å². The average Bonchev–Trinajstić information content (AvgIpc) is 3.11. The molecule has 0 amide bonds. The molecule has 1 fully saturated rings. The zero-order valence-electron chi connectivity index (χ0n) is 14.1. The van der Waals surface area contributed by atoms with Crippen molar-refractivity contribution in [2.45, 2.75) is 43.9 Å². The first-order valence-electron chi connectivity index (χ1n) is 7.72. The Kier molecular flexibility index (Phi) is 4.93. The average molecular weight is 342 g/mol. The molecule has 5 atom stereocenters. The lowest BCUT2D eigenvalue weighted by atomic mass is 9.81. The molecule has 0 saturated heterocycles. The van der Waals surface area contributed by atoms with E-state index in [1.54, 1.807) is 6.92 Å². The van der Waals surface area contributed by atoms with Crippen LogP contribution in [0.15, 0.2) is 10.2 Å². The van der Waals surface area contributed by atoms with Crippen molar-refractivity contribution in [2.75, 3.05) is 20.8 Å². The van der Waals surface area contributed by atoms with Gasteiger partial charge in [-0.05, 0) is 12.8 Å². The third-order valence-corrected chi connectivity index (χ3v) is 5.00. The fraction of sp³-hybridized carbons (Fsp3) is 0.800. The van der Waals surface area contributed by atoms with Gasteiger partial charge in [-0.15, -0.1) is 0 Å². The van der Waals surface area contributed by atoms with Gasteiger partial charge in [-0.3, -0.25) is 4.79 Å². The largest absolute Gasteiger partial charge is 0.467 e. The molecule has 2 rings (SSSR count). The summed E-state index contributed by atoms with van der Waals surface area (Å²) in [6.45, 7) is 2.98. The number of fused-ring (bicyclic) bond motifs is 1. The van der Waals surface area contributed by atoms with Crippen LogP contribution in [0.5, 0.6) is 0 Å². The molecule has 1 saturated carbocycles. The van der Waals surface area contributed by atoms with Crippen LogP contribution < -0.4 is 0 Å². The van der Waals surface area contributed by atoms with Gasteiger partial charge in [0.1, 0.15) is 6.10 Å². The van der Waals surface area contributed by atoms with Crippen molar-refractivity contribution in [3.63, 3.8) is 0 Å². The zero-order valence-corrected chi connectivity index (χ0v) is 14.1. The maximum absolute atomic E-state index is 12.3. The number of nitrogens with zero attached hydrogens (tertiary/aromatic N) is 2. The maximum atomic E-state index is 12.3. The van der Waals surface area contributed by atoms with Crippen LogP contribution in [0.1, 0.15) is 26.7 Å². The standard InChI is InChI=1S/C15H22N2O7/c1-5-15(21,13(20)23-4)9-6-14(12(19)22-3)10(7-16-17-14)11(9)24-8(2)18/h9-11,21H,5-7H2,1-4H3/t9-,10?,11+,14?,15+/m0/s1. The minimum atomic E-state index is -1.91. The highest BCUT2D eigenvalue weighted by Crippen LogP contribution is 2.52. The van der Waals surface area contributed by atoms with E-state index in [2.05, 4.69) is 10.2 Å². The van der Waals surface area contributed by atoms with Crippen molar-refractivity contribution in [3.05, 3.63) is 0 Å². The van der Waals surface area contributed by atoms with Gasteiger partial charge in [-0.1, -0.05) is 6.92 Å². The van der Waals surface area contributed by atoms with E-state index >= 15 is 0 Å². The van der Waals surface area contributed by atoms with Gasteiger partial charge in [0, 0.05) is 12.8 Å². The molecule has 9 nitrogen and oxygen atoms in total. The van der Waals surface area contributed by atoms with E-state index in [9.17, 15) is 19.5 Å². The molecule has 24 heavy (non-hydrogen) atoms. The maximum Gasteiger partial charge on any atom is 0.338 e. The molecule has 134 valence electrons.